The lowest BCUT2D eigenvalue weighted by molar-refractivity contribution is -0.130. The van der Waals surface area contributed by atoms with Crippen LogP contribution < -0.4 is 10.1 Å². The number of nitrogens with one attached hydrogen (secondary N) is 1. The molecule has 1 atom stereocenters. The van der Waals surface area contributed by atoms with Crippen LogP contribution in [0, 0.1) is 0 Å². The molecule has 20 heavy (non-hydrogen) atoms. The zero-order chi connectivity index (χ0) is 14.4. The molecule has 0 unspecified atom stereocenters. The monoisotopic (exact) mass is 341 g/mol. The maximum Gasteiger partial charge on any atom is 0.249 e. The van der Waals surface area contributed by atoms with Crippen molar-refractivity contribution in [3.8, 4) is 5.75 Å². The van der Waals surface area contributed by atoms with Crippen LogP contribution in [0.15, 0.2) is 22.7 Å². The summed E-state index contributed by atoms with van der Waals surface area (Å²) in [6.45, 7) is 1.37. The molecule has 1 saturated heterocycles. The summed E-state index contributed by atoms with van der Waals surface area (Å²) in [4.78, 5) is 11.8. The Hall–Kier alpha value is -1.07. The van der Waals surface area contributed by atoms with Crippen LogP contribution in [0.25, 0.3) is 0 Å². The summed E-state index contributed by atoms with van der Waals surface area (Å²) in [7, 11) is 1.67. The molecular formula is C15H20BrNO3. The molecule has 2 rings (SSSR count). The topological polar surface area (TPSA) is 47.6 Å². The molecule has 1 amide bonds. The first-order valence-corrected chi connectivity index (χ1v) is 7.71. The van der Waals surface area contributed by atoms with Crippen LogP contribution in [0.1, 0.15) is 24.8 Å². The van der Waals surface area contributed by atoms with Crippen LogP contribution in [0.4, 0.5) is 0 Å². The second-order valence-corrected chi connectivity index (χ2v) is 5.77. The predicted octanol–water partition coefficient (Wildman–Crippen LogP) is 2.69. The molecule has 1 aromatic carbocycles. The van der Waals surface area contributed by atoms with Gasteiger partial charge in [-0.05, 0) is 43.4 Å². The zero-order valence-corrected chi connectivity index (χ0v) is 13.2. The number of hydrogen-bond donors (Lipinski definition) is 1. The van der Waals surface area contributed by atoms with Crippen LogP contribution in [0.3, 0.4) is 0 Å². The minimum absolute atomic E-state index is 0.0188. The van der Waals surface area contributed by atoms with E-state index in [9.17, 15) is 4.79 Å². The molecule has 1 fully saturated rings. The van der Waals surface area contributed by atoms with E-state index in [4.69, 9.17) is 9.47 Å². The summed E-state index contributed by atoms with van der Waals surface area (Å²) in [5.74, 6) is 0.898. The number of halogens is 1. The van der Waals surface area contributed by atoms with E-state index in [0.717, 1.165) is 41.5 Å². The van der Waals surface area contributed by atoms with Crippen molar-refractivity contribution in [2.45, 2.75) is 31.8 Å². The van der Waals surface area contributed by atoms with E-state index in [2.05, 4.69) is 21.2 Å². The molecule has 1 heterocycles. The largest absolute Gasteiger partial charge is 0.496 e. The van der Waals surface area contributed by atoms with Crippen molar-refractivity contribution >= 4 is 21.8 Å². The van der Waals surface area contributed by atoms with Crippen LogP contribution >= 0.6 is 15.9 Å². The number of benzene rings is 1. The number of hydrogen-bond acceptors (Lipinski definition) is 3. The molecule has 0 aromatic heterocycles. The molecule has 0 aliphatic carbocycles. The fourth-order valence-corrected chi connectivity index (χ4v) is 2.65. The van der Waals surface area contributed by atoms with Gasteiger partial charge in [-0.1, -0.05) is 22.0 Å². The molecule has 110 valence electrons. The van der Waals surface area contributed by atoms with Crippen molar-refractivity contribution in [1.29, 1.82) is 0 Å². The van der Waals surface area contributed by atoms with Crippen molar-refractivity contribution < 1.29 is 14.3 Å². The van der Waals surface area contributed by atoms with Crippen molar-refractivity contribution in [1.82, 2.24) is 5.32 Å². The summed E-state index contributed by atoms with van der Waals surface area (Å²) >= 11 is 3.42. The number of carbonyl (C=O) groups is 1. The molecule has 5 heteroatoms. The normalized spacial score (nSPS) is 18.0. The highest BCUT2D eigenvalue weighted by atomic mass is 79.9. The van der Waals surface area contributed by atoms with Crippen LogP contribution in [-0.4, -0.2) is 32.3 Å². The standard InChI is InChI=1S/C15H20BrNO3/c1-19-14-10-12(16)7-6-11(14)4-2-8-17-15(18)13-5-3-9-20-13/h6-7,10,13H,2-5,8-9H2,1H3,(H,17,18)/t13-/m1/s1. The Labute approximate surface area is 128 Å². The fourth-order valence-electron chi connectivity index (χ4n) is 2.31. The van der Waals surface area contributed by atoms with E-state index in [1.54, 1.807) is 7.11 Å². The molecule has 1 aliphatic rings. The minimum Gasteiger partial charge on any atom is -0.496 e. The van der Waals surface area contributed by atoms with Crippen molar-refractivity contribution in [2.24, 2.45) is 0 Å². The summed E-state index contributed by atoms with van der Waals surface area (Å²) in [6, 6.07) is 6.01. The maximum atomic E-state index is 11.8. The highest BCUT2D eigenvalue weighted by molar-refractivity contribution is 9.10. The molecule has 0 bridgehead atoms. The van der Waals surface area contributed by atoms with Gasteiger partial charge in [0.25, 0.3) is 0 Å². The Balaban J connectivity index is 1.74. The van der Waals surface area contributed by atoms with Gasteiger partial charge < -0.3 is 14.8 Å². The molecule has 0 radical (unpaired) electrons. The van der Waals surface area contributed by atoms with Gasteiger partial charge in [0.2, 0.25) is 5.91 Å². The van der Waals surface area contributed by atoms with E-state index in [0.29, 0.717) is 13.2 Å². The maximum absolute atomic E-state index is 11.8. The molecule has 0 spiro atoms. The second kappa shape index (κ2) is 7.64. The number of amides is 1. The van der Waals surface area contributed by atoms with Crippen LogP contribution in [0.2, 0.25) is 0 Å². The van der Waals surface area contributed by atoms with E-state index >= 15 is 0 Å². The molecule has 4 nitrogen and oxygen atoms in total. The molecule has 1 aliphatic heterocycles. The highest BCUT2D eigenvalue weighted by Crippen LogP contribution is 2.24. The first kappa shape index (κ1) is 15.3. The Morgan fingerprint density at radius 3 is 3.10 bits per heavy atom. The molecule has 1 aromatic rings. The quantitative estimate of drug-likeness (QED) is 0.809. The van der Waals surface area contributed by atoms with Gasteiger partial charge in [0.05, 0.1) is 7.11 Å². The van der Waals surface area contributed by atoms with Gasteiger partial charge in [0.15, 0.2) is 0 Å². The molecule has 0 saturated carbocycles. The Bertz CT molecular complexity index is 458. The average Bonchev–Trinajstić information content (AvgIpc) is 2.98. The van der Waals surface area contributed by atoms with Crippen molar-refractivity contribution in [3.63, 3.8) is 0 Å². The third kappa shape index (κ3) is 4.21. The third-order valence-electron chi connectivity index (χ3n) is 3.39. The van der Waals surface area contributed by atoms with E-state index < -0.39 is 0 Å². The summed E-state index contributed by atoms with van der Waals surface area (Å²) in [5, 5.41) is 2.93. The molecule has 1 N–H and O–H groups in total. The van der Waals surface area contributed by atoms with Crippen molar-refractivity contribution in [3.05, 3.63) is 28.2 Å². The van der Waals surface area contributed by atoms with Crippen LogP contribution in [-0.2, 0) is 16.0 Å². The first-order valence-electron chi connectivity index (χ1n) is 6.92. The fraction of sp³-hybridized carbons (Fsp3) is 0.533. The number of aryl methyl sites for hydroxylation is 1. The first-order chi connectivity index (χ1) is 9.70. The van der Waals surface area contributed by atoms with Gasteiger partial charge in [0, 0.05) is 17.6 Å². The van der Waals surface area contributed by atoms with Gasteiger partial charge in [-0.2, -0.15) is 0 Å². The van der Waals surface area contributed by atoms with Gasteiger partial charge in [-0.15, -0.1) is 0 Å². The third-order valence-corrected chi connectivity index (χ3v) is 3.89. The number of carbonyl (C=O) groups excluding carboxylic acids is 1. The van der Waals surface area contributed by atoms with E-state index in [-0.39, 0.29) is 12.0 Å². The summed E-state index contributed by atoms with van der Waals surface area (Å²) in [6.07, 6.45) is 3.34. The number of ether oxygens (including phenoxy) is 2. The van der Waals surface area contributed by atoms with E-state index in [1.165, 1.54) is 0 Å². The van der Waals surface area contributed by atoms with Gasteiger partial charge in [-0.25, -0.2) is 0 Å². The lowest BCUT2D eigenvalue weighted by atomic mass is 10.1. The lowest BCUT2D eigenvalue weighted by Crippen LogP contribution is -2.34. The van der Waals surface area contributed by atoms with Crippen LogP contribution in [0.5, 0.6) is 5.75 Å². The van der Waals surface area contributed by atoms with Crippen molar-refractivity contribution in [2.75, 3.05) is 20.3 Å². The lowest BCUT2D eigenvalue weighted by Gasteiger charge is -2.11. The number of rotatable bonds is 6. The number of methoxy groups -OCH3 is 1. The Kier molecular flexibility index (Phi) is 5.86. The predicted molar refractivity (Wildman–Crippen MR) is 81.0 cm³/mol. The van der Waals surface area contributed by atoms with Gasteiger partial charge in [-0.3, -0.25) is 4.79 Å². The van der Waals surface area contributed by atoms with E-state index in [1.807, 2.05) is 18.2 Å². The Morgan fingerprint density at radius 1 is 1.55 bits per heavy atom. The summed E-state index contributed by atoms with van der Waals surface area (Å²) < 4.78 is 11.7. The highest BCUT2D eigenvalue weighted by Gasteiger charge is 2.22. The average molecular weight is 342 g/mol. The van der Waals surface area contributed by atoms with Gasteiger partial charge in [0.1, 0.15) is 11.9 Å². The minimum atomic E-state index is -0.239. The SMILES string of the molecule is COc1cc(Br)ccc1CCCNC(=O)[C@H]1CCCO1. The Morgan fingerprint density at radius 2 is 2.40 bits per heavy atom. The molecular weight excluding hydrogens is 322 g/mol. The zero-order valence-electron chi connectivity index (χ0n) is 11.7. The smallest absolute Gasteiger partial charge is 0.249 e. The summed E-state index contributed by atoms with van der Waals surface area (Å²) in [5.41, 5.74) is 1.15. The second-order valence-electron chi connectivity index (χ2n) is 4.85. The van der Waals surface area contributed by atoms with Gasteiger partial charge >= 0.3 is 0 Å².